The first-order chi connectivity index (χ1) is 6.75. The summed E-state index contributed by atoms with van der Waals surface area (Å²) in [5, 5.41) is 12.0. The second-order valence-electron chi connectivity index (χ2n) is 3.22. The van der Waals surface area contributed by atoms with Crippen LogP contribution < -0.4 is 5.32 Å². The van der Waals surface area contributed by atoms with Crippen LogP contribution in [0, 0.1) is 0 Å². The van der Waals surface area contributed by atoms with Gasteiger partial charge >= 0.3 is 6.09 Å². The lowest BCUT2D eigenvalue weighted by molar-refractivity contribution is 0.115. The molecule has 1 saturated heterocycles. The molecular weight excluding hydrogens is 182 g/mol. The van der Waals surface area contributed by atoms with E-state index >= 15 is 0 Å². The zero-order chi connectivity index (χ0) is 9.97. The molecule has 1 aromatic carbocycles. The second-order valence-corrected chi connectivity index (χ2v) is 3.22. The number of cyclic esters (lactones) is 1. The summed E-state index contributed by atoms with van der Waals surface area (Å²) < 4.78 is 4.75. The fraction of sp³-hybridized carbons (Fsp3) is 0.300. The molecule has 1 amide bonds. The van der Waals surface area contributed by atoms with Crippen LogP contribution in [0.15, 0.2) is 24.3 Å². The zero-order valence-electron chi connectivity index (χ0n) is 7.56. The first-order valence-corrected chi connectivity index (χ1v) is 4.48. The number of ether oxygens (including phenoxy) is 1. The van der Waals surface area contributed by atoms with Crippen LogP contribution in [-0.2, 0) is 4.74 Å². The Labute approximate surface area is 81.5 Å². The van der Waals surface area contributed by atoms with Crippen molar-refractivity contribution in [1.82, 2.24) is 5.32 Å². The molecule has 1 aromatic rings. The number of nitrogens with one attached hydrogen (secondary N) is 1. The van der Waals surface area contributed by atoms with Gasteiger partial charge in [0.15, 0.2) is 0 Å². The van der Waals surface area contributed by atoms with Crippen molar-refractivity contribution in [2.45, 2.75) is 12.5 Å². The fourth-order valence-corrected chi connectivity index (χ4v) is 1.52. The van der Waals surface area contributed by atoms with Crippen LogP contribution in [0.5, 0.6) is 5.75 Å². The van der Waals surface area contributed by atoms with Crippen molar-refractivity contribution in [3.63, 3.8) is 0 Å². The molecule has 4 nitrogen and oxygen atoms in total. The van der Waals surface area contributed by atoms with Crippen LogP contribution in [0.1, 0.15) is 18.0 Å². The van der Waals surface area contributed by atoms with E-state index in [9.17, 15) is 9.90 Å². The highest BCUT2D eigenvalue weighted by Crippen LogP contribution is 2.22. The predicted octanol–water partition coefficient (Wildman–Crippen LogP) is 1.56. The maximum Gasteiger partial charge on any atom is 0.407 e. The van der Waals surface area contributed by atoms with Crippen LogP contribution in [0.2, 0.25) is 0 Å². The van der Waals surface area contributed by atoms with Gasteiger partial charge in [0.25, 0.3) is 0 Å². The summed E-state index contributed by atoms with van der Waals surface area (Å²) in [4.78, 5) is 10.9. The molecule has 14 heavy (non-hydrogen) atoms. The number of amides is 1. The first kappa shape index (κ1) is 8.87. The molecule has 1 atom stereocenters. The van der Waals surface area contributed by atoms with Gasteiger partial charge in [0.05, 0.1) is 12.6 Å². The molecule has 2 N–H and O–H groups in total. The molecule has 0 spiro atoms. The van der Waals surface area contributed by atoms with E-state index in [4.69, 9.17) is 4.74 Å². The van der Waals surface area contributed by atoms with E-state index in [0.717, 1.165) is 12.0 Å². The third-order valence-corrected chi connectivity index (χ3v) is 2.20. The SMILES string of the molecule is O=C1NC(c2cccc(O)c2)CCO1. The summed E-state index contributed by atoms with van der Waals surface area (Å²) >= 11 is 0. The van der Waals surface area contributed by atoms with E-state index in [-0.39, 0.29) is 11.8 Å². The van der Waals surface area contributed by atoms with Crippen LogP contribution >= 0.6 is 0 Å². The smallest absolute Gasteiger partial charge is 0.407 e. The summed E-state index contributed by atoms with van der Waals surface area (Å²) in [5.41, 5.74) is 0.904. The molecule has 0 aliphatic carbocycles. The predicted molar refractivity (Wildman–Crippen MR) is 49.9 cm³/mol. The lowest BCUT2D eigenvalue weighted by atomic mass is 10.0. The number of benzene rings is 1. The van der Waals surface area contributed by atoms with Gasteiger partial charge in [-0.15, -0.1) is 0 Å². The highest BCUT2D eigenvalue weighted by atomic mass is 16.5. The summed E-state index contributed by atoms with van der Waals surface area (Å²) in [6.07, 6.45) is 0.333. The number of phenolic OH excluding ortho intramolecular Hbond substituents is 1. The van der Waals surface area contributed by atoms with Crippen LogP contribution in [-0.4, -0.2) is 17.8 Å². The molecule has 1 heterocycles. The monoisotopic (exact) mass is 193 g/mol. The molecule has 2 rings (SSSR count). The minimum absolute atomic E-state index is 0.0525. The van der Waals surface area contributed by atoms with Crippen LogP contribution in [0.4, 0.5) is 4.79 Å². The molecule has 4 heteroatoms. The van der Waals surface area contributed by atoms with Crippen molar-refractivity contribution < 1.29 is 14.6 Å². The number of carbonyl (C=O) groups excluding carboxylic acids is 1. The van der Waals surface area contributed by atoms with E-state index in [2.05, 4.69) is 5.32 Å². The number of hydrogen-bond donors (Lipinski definition) is 2. The molecule has 0 radical (unpaired) electrons. The summed E-state index contributed by atoms with van der Waals surface area (Å²) in [6, 6.07) is 6.83. The van der Waals surface area contributed by atoms with Crippen molar-refractivity contribution >= 4 is 6.09 Å². The molecule has 74 valence electrons. The van der Waals surface area contributed by atoms with Crippen molar-refractivity contribution in [3.8, 4) is 5.75 Å². The summed E-state index contributed by atoms with van der Waals surface area (Å²) in [5.74, 6) is 0.211. The molecule has 1 aliphatic rings. The highest BCUT2D eigenvalue weighted by molar-refractivity contribution is 5.68. The third-order valence-electron chi connectivity index (χ3n) is 2.20. The number of rotatable bonds is 1. The van der Waals surface area contributed by atoms with Gasteiger partial charge in [-0.2, -0.15) is 0 Å². The van der Waals surface area contributed by atoms with Crippen molar-refractivity contribution in [1.29, 1.82) is 0 Å². The normalized spacial score (nSPS) is 21.1. The Bertz CT molecular complexity index is 351. The Morgan fingerprint density at radius 3 is 3.07 bits per heavy atom. The second kappa shape index (κ2) is 3.57. The standard InChI is InChI=1S/C10H11NO3/c12-8-3-1-2-7(6-8)9-4-5-14-10(13)11-9/h1-3,6,9,12H,4-5H2,(H,11,13). The fourth-order valence-electron chi connectivity index (χ4n) is 1.52. The minimum Gasteiger partial charge on any atom is -0.508 e. The van der Waals surface area contributed by atoms with E-state index < -0.39 is 6.09 Å². The van der Waals surface area contributed by atoms with Gasteiger partial charge in [-0.25, -0.2) is 4.79 Å². The van der Waals surface area contributed by atoms with Gasteiger partial charge in [0.2, 0.25) is 0 Å². The Morgan fingerprint density at radius 1 is 1.50 bits per heavy atom. The molecule has 0 bridgehead atoms. The highest BCUT2D eigenvalue weighted by Gasteiger charge is 2.20. The average Bonchev–Trinajstić information content (AvgIpc) is 2.18. The number of aromatic hydroxyl groups is 1. The molecule has 1 aliphatic heterocycles. The topological polar surface area (TPSA) is 58.6 Å². The van der Waals surface area contributed by atoms with Crippen LogP contribution in [0.3, 0.4) is 0 Å². The van der Waals surface area contributed by atoms with Crippen molar-refractivity contribution in [2.75, 3.05) is 6.61 Å². The lowest BCUT2D eigenvalue weighted by Gasteiger charge is -2.23. The average molecular weight is 193 g/mol. The molecule has 0 aromatic heterocycles. The molecular formula is C10H11NO3. The minimum atomic E-state index is -0.399. The van der Waals surface area contributed by atoms with Gasteiger partial charge in [0.1, 0.15) is 5.75 Å². The Balaban J connectivity index is 2.17. The van der Waals surface area contributed by atoms with E-state index in [1.807, 2.05) is 6.07 Å². The van der Waals surface area contributed by atoms with E-state index in [0.29, 0.717) is 6.61 Å². The number of hydrogen-bond acceptors (Lipinski definition) is 3. The lowest BCUT2D eigenvalue weighted by Crippen LogP contribution is -2.35. The van der Waals surface area contributed by atoms with Gasteiger partial charge in [0, 0.05) is 6.42 Å². The van der Waals surface area contributed by atoms with E-state index in [1.54, 1.807) is 18.2 Å². The van der Waals surface area contributed by atoms with Gasteiger partial charge < -0.3 is 15.2 Å². The summed E-state index contributed by atoms with van der Waals surface area (Å²) in [7, 11) is 0. The Kier molecular flexibility index (Phi) is 2.26. The quantitative estimate of drug-likeness (QED) is 0.711. The molecule has 1 unspecified atom stereocenters. The Hall–Kier alpha value is -1.71. The van der Waals surface area contributed by atoms with Crippen molar-refractivity contribution in [3.05, 3.63) is 29.8 Å². The van der Waals surface area contributed by atoms with Crippen molar-refractivity contribution in [2.24, 2.45) is 0 Å². The Morgan fingerprint density at radius 2 is 2.36 bits per heavy atom. The number of carbonyl (C=O) groups is 1. The first-order valence-electron chi connectivity index (χ1n) is 4.48. The number of phenols is 1. The number of alkyl carbamates (subject to hydrolysis) is 1. The molecule has 0 saturated carbocycles. The maximum atomic E-state index is 10.9. The van der Waals surface area contributed by atoms with E-state index in [1.165, 1.54) is 0 Å². The van der Waals surface area contributed by atoms with Crippen LogP contribution in [0.25, 0.3) is 0 Å². The summed E-state index contributed by atoms with van der Waals surface area (Å²) in [6.45, 7) is 0.423. The third kappa shape index (κ3) is 1.79. The van der Waals surface area contributed by atoms with Gasteiger partial charge in [-0.05, 0) is 17.7 Å². The maximum absolute atomic E-state index is 10.9. The zero-order valence-corrected chi connectivity index (χ0v) is 7.56. The van der Waals surface area contributed by atoms with Gasteiger partial charge in [-0.1, -0.05) is 12.1 Å². The van der Waals surface area contributed by atoms with Gasteiger partial charge in [-0.3, -0.25) is 0 Å². The largest absolute Gasteiger partial charge is 0.508 e. The molecule has 1 fully saturated rings.